The first-order valence-corrected chi connectivity index (χ1v) is 10.8. The molecule has 0 unspecified atom stereocenters. The van der Waals surface area contributed by atoms with E-state index in [9.17, 15) is 4.79 Å². The Hall–Kier alpha value is -3.16. The minimum atomic E-state index is -0.194. The van der Waals surface area contributed by atoms with E-state index in [0.717, 1.165) is 41.1 Å². The van der Waals surface area contributed by atoms with Crippen molar-refractivity contribution in [1.82, 2.24) is 14.6 Å². The van der Waals surface area contributed by atoms with Gasteiger partial charge in [-0.05, 0) is 29.7 Å². The van der Waals surface area contributed by atoms with Gasteiger partial charge < -0.3 is 10.6 Å². The normalized spacial score (nSPS) is 14.0. The molecule has 0 atom stereocenters. The Kier molecular flexibility index (Phi) is 4.98. The van der Waals surface area contributed by atoms with E-state index in [1.807, 2.05) is 36.4 Å². The number of hydrogen-bond donors (Lipinski definition) is 1. The van der Waals surface area contributed by atoms with Gasteiger partial charge in [0.05, 0.1) is 5.39 Å². The second-order valence-corrected chi connectivity index (χ2v) is 8.52. The highest BCUT2D eigenvalue weighted by atomic mass is 32.1. The van der Waals surface area contributed by atoms with Crippen LogP contribution in [0.1, 0.15) is 21.8 Å². The van der Waals surface area contributed by atoms with E-state index in [1.54, 1.807) is 11.3 Å². The topological polar surface area (TPSA) is 73.4 Å². The summed E-state index contributed by atoms with van der Waals surface area (Å²) in [6.45, 7) is 2.79. The number of benzene rings is 2. The van der Waals surface area contributed by atoms with Gasteiger partial charge in [-0.3, -0.25) is 9.69 Å². The van der Waals surface area contributed by atoms with E-state index >= 15 is 0 Å². The third-order valence-corrected chi connectivity index (χ3v) is 6.53. The van der Waals surface area contributed by atoms with E-state index < -0.39 is 0 Å². The number of thiophene rings is 1. The monoisotopic (exact) mass is 418 g/mol. The fraction of sp³-hybridized carbons (Fsp3) is 0.217. The molecule has 1 aliphatic heterocycles. The average molecular weight is 419 g/mol. The maximum atomic E-state index is 13.0. The number of hydrogen-bond acceptors (Lipinski definition) is 6. The molecular formula is C23H22N4O2S. The van der Waals surface area contributed by atoms with Crippen LogP contribution in [-0.4, -0.2) is 21.1 Å². The Balaban J connectivity index is 1.42. The summed E-state index contributed by atoms with van der Waals surface area (Å²) in [6, 6.07) is 19.9. The molecule has 152 valence electrons. The van der Waals surface area contributed by atoms with Crippen LogP contribution in [-0.2, 0) is 26.1 Å². The molecule has 2 N–H and O–H groups in total. The molecule has 0 amide bonds. The predicted molar refractivity (Wildman–Crippen MR) is 119 cm³/mol. The van der Waals surface area contributed by atoms with Crippen molar-refractivity contribution >= 4 is 21.6 Å². The molecule has 7 heteroatoms. The van der Waals surface area contributed by atoms with Crippen molar-refractivity contribution in [2.45, 2.75) is 26.1 Å². The number of para-hydroxylation sites is 1. The van der Waals surface area contributed by atoms with Crippen LogP contribution < -0.4 is 16.1 Å². The van der Waals surface area contributed by atoms with Crippen LogP contribution in [0.3, 0.4) is 0 Å². The smallest absolute Gasteiger partial charge is 0.281 e. The Morgan fingerprint density at radius 2 is 1.80 bits per heavy atom. The molecule has 2 aromatic heterocycles. The number of nitrogens with zero attached hydrogens (tertiary/aromatic N) is 3. The van der Waals surface area contributed by atoms with Gasteiger partial charge in [-0.1, -0.05) is 48.5 Å². The van der Waals surface area contributed by atoms with E-state index in [4.69, 9.17) is 10.6 Å². The predicted octanol–water partition coefficient (Wildman–Crippen LogP) is 3.31. The van der Waals surface area contributed by atoms with Gasteiger partial charge in [-0.15, -0.1) is 11.3 Å². The molecule has 3 heterocycles. The lowest BCUT2D eigenvalue weighted by Crippen LogP contribution is -2.33. The molecule has 0 radical (unpaired) electrons. The fourth-order valence-electron chi connectivity index (χ4n) is 3.89. The van der Waals surface area contributed by atoms with Crippen LogP contribution >= 0.6 is 11.3 Å². The zero-order chi connectivity index (χ0) is 20.5. The van der Waals surface area contributed by atoms with Gasteiger partial charge in [0.15, 0.2) is 5.82 Å². The maximum absolute atomic E-state index is 13.0. The van der Waals surface area contributed by atoms with Gasteiger partial charge in [0.25, 0.3) is 5.56 Å². The number of fused-ring (bicyclic) bond motifs is 3. The third kappa shape index (κ3) is 3.58. The summed E-state index contributed by atoms with van der Waals surface area (Å²) >= 11 is 1.60. The van der Waals surface area contributed by atoms with Crippen LogP contribution in [0.25, 0.3) is 10.2 Å². The van der Waals surface area contributed by atoms with E-state index in [1.165, 1.54) is 10.4 Å². The van der Waals surface area contributed by atoms with Crippen LogP contribution in [0.15, 0.2) is 65.5 Å². The largest absolute Gasteiger partial charge is 0.486 e. The molecule has 4 aromatic rings. The molecule has 0 saturated carbocycles. The average Bonchev–Trinajstić information content (AvgIpc) is 3.14. The number of rotatable bonds is 5. The molecular weight excluding hydrogens is 396 g/mol. The number of aromatic nitrogens is 2. The summed E-state index contributed by atoms with van der Waals surface area (Å²) in [5.41, 5.74) is 2.21. The summed E-state index contributed by atoms with van der Waals surface area (Å²) in [4.78, 5) is 22.0. The Labute approximate surface area is 178 Å². The first-order chi connectivity index (χ1) is 14.7. The molecule has 0 saturated heterocycles. The van der Waals surface area contributed by atoms with E-state index in [-0.39, 0.29) is 12.2 Å². The molecule has 30 heavy (non-hydrogen) atoms. The lowest BCUT2D eigenvalue weighted by molar-refractivity contribution is 0.249. The molecule has 0 aliphatic carbocycles. The van der Waals surface area contributed by atoms with Crippen molar-refractivity contribution < 1.29 is 4.74 Å². The van der Waals surface area contributed by atoms with Crippen molar-refractivity contribution in [3.8, 4) is 5.75 Å². The minimum absolute atomic E-state index is 0.147. The third-order valence-electron chi connectivity index (χ3n) is 5.42. The van der Waals surface area contributed by atoms with Gasteiger partial charge in [-0.2, -0.15) is 0 Å². The first-order valence-electron chi connectivity index (χ1n) is 9.94. The highest BCUT2D eigenvalue weighted by Gasteiger charge is 2.25. The second kappa shape index (κ2) is 7.93. The quantitative estimate of drug-likeness (QED) is 0.504. The Morgan fingerprint density at radius 1 is 1.07 bits per heavy atom. The van der Waals surface area contributed by atoms with Gasteiger partial charge in [-0.25, -0.2) is 9.66 Å². The second-order valence-electron chi connectivity index (χ2n) is 7.44. The molecule has 0 bridgehead atoms. The van der Waals surface area contributed by atoms with Gasteiger partial charge in [0.2, 0.25) is 0 Å². The molecule has 0 fully saturated rings. The van der Waals surface area contributed by atoms with Crippen molar-refractivity contribution in [2.75, 3.05) is 12.4 Å². The minimum Gasteiger partial charge on any atom is -0.486 e. The van der Waals surface area contributed by atoms with E-state index in [0.29, 0.717) is 17.0 Å². The Bertz CT molecular complexity index is 1240. The van der Waals surface area contributed by atoms with Crippen LogP contribution in [0.5, 0.6) is 5.75 Å². The maximum Gasteiger partial charge on any atom is 0.281 e. The van der Waals surface area contributed by atoms with Gasteiger partial charge >= 0.3 is 0 Å². The van der Waals surface area contributed by atoms with E-state index in [2.05, 4.69) is 34.1 Å². The molecule has 6 nitrogen and oxygen atoms in total. The Morgan fingerprint density at radius 3 is 2.57 bits per heavy atom. The van der Waals surface area contributed by atoms with Crippen molar-refractivity contribution in [2.24, 2.45) is 0 Å². The SMILES string of the molecule is Nn1c(COc2ccccc2)nc2sc3c(c2c1=O)CCN(Cc1ccccc1)C3. The number of ether oxygens (including phenoxy) is 1. The summed E-state index contributed by atoms with van der Waals surface area (Å²) in [5, 5.41) is 0.667. The zero-order valence-corrected chi connectivity index (χ0v) is 17.3. The van der Waals surface area contributed by atoms with Crippen molar-refractivity contribution in [3.05, 3.63) is 92.8 Å². The van der Waals surface area contributed by atoms with Crippen molar-refractivity contribution in [3.63, 3.8) is 0 Å². The highest BCUT2D eigenvalue weighted by molar-refractivity contribution is 7.18. The zero-order valence-electron chi connectivity index (χ0n) is 16.5. The van der Waals surface area contributed by atoms with Gasteiger partial charge in [0.1, 0.15) is 17.2 Å². The first kappa shape index (κ1) is 18.8. The summed E-state index contributed by atoms with van der Waals surface area (Å²) in [5.74, 6) is 7.23. The lowest BCUT2D eigenvalue weighted by Gasteiger charge is -2.26. The summed E-state index contributed by atoms with van der Waals surface area (Å²) in [7, 11) is 0. The summed E-state index contributed by atoms with van der Waals surface area (Å²) < 4.78 is 6.89. The molecule has 0 spiro atoms. The van der Waals surface area contributed by atoms with Gasteiger partial charge in [0, 0.05) is 24.5 Å². The molecule has 5 rings (SSSR count). The van der Waals surface area contributed by atoms with Crippen LogP contribution in [0, 0.1) is 0 Å². The molecule has 1 aliphatic rings. The van der Waals surface area contributed by atoms with Crippen LogP contribution in [0.2, 0.25) is 0 Å². The number of nitrogen functional groups attached to an aromatic ring is 1. The lowest BCUT2D eigenvalue weighted by atomic mass is 10.0. The number of nitrogens with two attached hydrogens (primary N) is 1. The summed E-state index contributed by atoms with van der Waals surface area (Å²) in [6.07, 6.45) is 0.832. The fourth-order valence-corrected chi connectivity index (χ4v) is 5.16. The van der Waals surface area contributed by atoms with Crippen molar-refractivity contribution in [1.29, 1.82) is 0 Å². The highest BCUT2D eigenvalue weighted by Crippen LogP contribution is 2.33. The standard InChI is InChI=1S/C23H22N4O2S/c24-27-20(15-29-17-9-5-2-6-10-17)25-22-21(23(27)28)18-11-12-26(14-19(18)30-22)13-16-7-3-1-4-8-16/h1-10H,11-15,24H2. The molecule has 2 aromatic carbocycles. The van der Waals surface area contributed by atoms with Crippen LogP contribution in [0.4, 0.5) is 0 Å².